The molecule has 0 radical (unpaired) electrons. The van der Waals surface area contributed by atoms with Gasteiger partial charge in [0, 0.05) is 17.4 Å². The number of carbonyl (C=O) groups excluding carboxylic acids is 1. The summed E-state index contributed by atoms with van der Waals surface area (Å²) in [5.41, 5.74) is 0.0266. The lowest BCUT2D eigenvalue weighted by Crippen LogP contribution is -2.29. The van der Waals surface area contributed by atoms with E-state index in [1.54, 1.807) is 6.20 Å². The number of benzene rings is 1. The number of hydrogen-bond donors (Lipinski definition) is 3. The summed E-state index contributed by atoms with van der Waals surface area (Å²) in [4.78, 5) is 18.5. The Morgan fingerprint density at radius 3 is 2.83 bits per heavy atom. The number of H-pyrrole nitrogens is 1. The first-order valence-electron chi connectivity index (χ1n) is 6.36. The molecule has 1 aromatic heterocycles. The monoisotopic (exact) mass is 348 g/mol. The Labute approximate surface area is 134 Å². The number of imidazole rings is 1. The average Bonchev–Trinajstić information content (AvgIpc) is 2.96. The van der Waals surface area contributed by atoms with Gasteiger partial charge in [0.25, 0.3) is 0 Å². The van der Waals surface area contributed by atoms with E-state index < -0.39 is 18.8 Å². The lowest BCUT2D eigenvalue weighted by atomic mass is 10.3. The van der Waals surface area contributed by atoms with Crippen LogP contribution in [0.4, 0.5) is 23.7 Å². The largest absolute Gasteiger partial charge is 0.482 e. The zero-order valence-corrected chi connectivity index (χ0v) is 12.3. The van der Waals surface area contributed by atoms with Crippen LogP contribution in [0, 0.1) is 0 Å². The number of aromatic nitrogens is 2. The number of urea groups is 1. The van der Waals surface area contributed by atoms with Crippen molar-refractivity contribution in [2.45, 2.75) is 12.7 Å². The van der Waals surface area contributed by atoms with Crippen LogP contribution in [-0.4, -0.2) is 28.8 Å². The van der Waals surface area contributed by atoms with Crippen LogP contribution in [0.1, 0.15) is 5.82 Å². The normalized spacial score (nSPS) is 11.1. The second-order valence-corrected chi connectivity index (χ2v) is 4.82. The predicted molar refractivity (Wildman–Crippen MR) is 77.4 cm³/mol. The Hall–Kier alpha value is -2.42. The number of anilines is 1. The molecule has 0 aliphatic heterocycles. The first-order valence-corrected chi connectivity index (χ1v) is 6.73. The van der Waals surface area contributed by atoms with E-state index in [2.05, 4.69) is 25.3 Å². The van der Waals surface area contributed by atoms with E-state index >= 15 is 0 Å². The summed E-state index contributed by atoms with van der Waals surface area (Å²) in [6.07, 6.45) is -1.37. The molecule has 3 N–H and O–H groups in total. The number of amides is 2. The van der Waals surface area contributed by atoms with E-state index in [1.165, 1.54) is 24.4 Å². The molecule has 1 aromatic carbocycles. The van der Waals surface area contributed by atoms with Gasteiger partial charge in [0.2, 0.25) is 0 Å². The topological polar surface area (TPSA) is 79.0 Å². The van der Waals surface area contributed by atoms with Gasteiger partial charge >= 0.3 is 12.2 Å². The summed E-state index contributed by atoms with van der Waals surface area (Å²) in [5, 5.41) is 5.11. The van der Waals surface area contributed by atoms with E-state index in [1.807, 2.05) is 0 Å². The van der Waals surface area contributed by atoms with Crippen LogP contribution in [0.2, 0.25) is 5.02 Å². The summed E-state index contributed by atoms with van der Waals surface area (Å²) < 4.78 is 41.4. The zero-order valence-electron chi connectivity index (χ0n) is 11.6. The maximum Gasteiger partial charge on any atom is 0.422 e. The van der Waals surface area contributed by atoms with E-state index in [9.17, 15) is 18.0 Å². The molecule has 0 aliphatic carbocycles. The summed E-state index contributed by atoms with van der Waals surface area (Å²) in [6.45, 7) is -1.35. The Balaban J connectivity index is 1.99. The van der Waals surface area contributed by atoms with Crippen LogP contribution in [0.15, 0.2) is 30.6 Å². The molecule has 6 nitrogen and oxygen atoms in total. The van der Waals surface area contributed by atoms with Crippen LogP contribution >= 0.6 is 11.6 Å². The van der Waals surface area contributed by atoms with Crippen LogP contribution in [0.5, 0.6) is 5.75 Å². The minimum atomic E-state index is -4.49. The van der Waals surface area contributed by atoms with Gasteiger partial charge in [-0.3, -0.25) is 0 Å². The molecule has 2 amide bonds. The number of hydrogen-bond acceptors (Lipinski definition) is 3. The molecule has 1 heterocycles. The third kappa shape index (κ3) is 5.70. The van der Waals surface area contributed by atoms with Gasteiger partial charge in [0.15, 0.2) is 6.61 Å². The molecule has 0 fully saturated rings. The first-order chi connectivity index (χ1) is 10.8. The highest BCUT2D eigenvalue weighted by Crippen LogP contribution is 2.29. The zero-order chi connectivity index (χ0) is 16.9. The highest BCUT2D eigenvalue weighted by atomic mass is 35.5. The molecule has 124 valence electrons. The van der Waals surface area contributed by atoms with Crippen LogP contribution in [0.3, 0.4) is 0 Å². The Morgan fingerprint density at radius 2 is 2.17 bits per heavy atom. The summed E-state index contributed by atoms with van der Waals surface area (Å²) in [6, 6.07) is 3.26. The number of aromatic amines is 1. The molecule has 0 unspecified atom stereocenters. The molecule has 2 rings (SSSR count). The van der Waals surface area contributed by atoms with Gasteiger partial charge in [0.05, 0.1) is 12.2 Å². The first kappa shape index (κ1) is 16.9. The van der Waals surface area contributed by atoms with Crippen LogP contribution in [0.25, 0.3) is 0 Å². The van der Waals surface area contributed by atoms with Gasteiger partial charge in [-0.2, -0.15) is 13.2 Å². The van der Waals surface area contributed by atoms with Gasteiger partial charge in [0.1, 0.15) is 11.6 Å². The van der Waals surface area contributed by atoms with Crippen molar-refractivity contribution in [3.63, 3.8) is 0 Å². The number of ether oxygens (including phenoxy) is 1. The van der Waals surface area contributed by atoms with Crippen molar-refractivity contribution in [3.05, 3.63) is 41.4 Å². The minimum absolute atomic E-state index is 0.0266. The number of halogens is 4. The summed E-state index contributed by atoms with van der Waals surface area (Å²) >= 11 is 5.78. The number of carbonyl (C=O) groups is 1. The van der Waals surface area contributed by atoms with Crippen LogP contribution < -0.4 is 15.4 Å². The molecule has 2 aromatic rings. The third-order valence-corrected chi connectivity index (χ3v) is 2.79. The number of rotatable bonds is 5. The highest BCUT2D eigenvalue weighted by molar-refractivity contribution is 6.31. The fourth-order valence-electron chi connectivity index (χ4n) is 1.61. The van der Waals surface area contributed by atoms with E-state index in [0.29, 0.717) is 5.82 Å². The molecule has 0 saturated heterocycles. The lowest BCUT2D eigenvalue weighted by molar-refractivity contribution is -0.153. The lowest BCUT2D eigenvalue weighted by Gasteiger charge is -2.14. The molecule has 0 saturated carbocycles. The van der Waals surface area contributed by atoms with E-state index in [-0.39, 0.29) is 23.0 Å². The molecule has 0 spiro atoms. The fraction of sp³-hybridized carbons (Fsp3) is 0.231. The maximum absolute atomic E-state index is 12.2. The van der Waals surface area contributed by atoms with Crippen molar-refractivity contribution in [2.75, 3.05) is 11.9 Å². The second-order valence-electron chi connectivity index (χ2n) is 4.39. The summed E-state index contributed by atoms with van der Waals surface area (Å²) in [5.74, 6) is 0.389. The van der Waals surface area contributed by atoms with Gasteiger partial charge < -0.3 is 20.4 Å². The number of nitrogens with zero attached hydrogens (tertiary/aromatic N) is 1. The number of nitrogens with one attached hydrogen (secondary N) is 3. The molecule has 0 bridgehead atoms. The van der Waals surface area contributed by atoms with Crippen molar-refractivity contribution in [3.8, 4) is 5.75 Å². The van der Waals surface area contributed by atoms with Gasteiger partial charge in [-0.15, -0.1) is 0 Å². The van der Waals surface area contributed by atoms with Crippen LogP contribution in [-0.2, 0) is 6.54 Å². The van der Waals surface area contributed by atoms with Crippen molar-refractivity contribution in [1.29, 1.82) is 0 Å². The van der Waals surface area contributed by atoms with Gasteiger partial charge in [-0.05, 0) is 18.2 Å². The standard InChI is InChI=1S/C13H12ClF3N4O2/c14-8-1-2-10(23-7-13(15,16)17)9(5-8)21-12(22)20-6-11-18-3-4-19-11/h1-5H,6-7H2,(H,18,19)(H2,20,21,22). The fourth-order valence-corrected chi connectivity index (χ4v) is 1.78. The van der Waals surface area contributed by atoms with Crippen molar-refractivity contribution in [2.24, 2.45) is 0 Å². The smallest absolute Gasteiger partial charge is 0.422 e. The summed E-state index contributed by atoms with van der Waals surface area (Å²) in [7, 11) is 0. The minimum Gasteiger partial charge on any atom is -0.482 e. The molecular formula is C13H12ClF3N4O2. The quantitative estimate of drug-likeness (QED) is 0.775. The molecular weight excluding hydrogens is 337 g/mol. The van der Waals surface area contributed by atoms with E-state index in [0.717, 1.165) is 0 Å². The number of alkyl halides is 3. The van der Waals surface area contributed by atoms with Crippen molar-refractivity contribution < 1.29 is 22.7 Å². The average molecular weight is 349 g/mol. The highest BCUT2D eigenvalue weighted by Gasteiger charge is 2.29. The van der Waals surface area contributed by atoms with Gasteiger partial charge in [-0.1, -0.05) is 11.6 Å². The predicted octanol–water partition coefficient (Wildman–Crippen LogP) is 3.33. The second kappa shape index (κ2) is 7.23. The molecule has 0 atom stereocenters. The third-order valence-electron chi connectivity index (χ3n) is 2.55. The van der Waals surface area contributed by atoms with E-state index in [4.69, 9.17) is 11.6 Å². The maximum atomic E-state index is 12.2. The molecule has 0 aliphatic rings. The van der Waals surface area contributed by atoms with Gasteiger partial charge in [-0.25, -0.2) is 9.78 Å². The Morgan fingerprint density at radius 1 is 1.39 bits per heavy atom. The molecule has 23 heavy (non-hydrogen) atoms. The Kier molecular flexibility index (Phi) is 5.32. The SMILES string of the molecule is O=C(NCc1ncc[nH]1)Nc1cc(Cl)ccc1OCC(F)(F)F. The molecule has 10 heteroatoms. The Bertz CT molecular complexity index is 662. The van der Waals surface area contributed by atoms with Crippen molar-refractivity contribution >= 4 is 23.3 Å². The van der Waals surface area contributed by atoms with Crippen molar-refractivity contribution in [1.82, 2.24) is 15.3 Å².